The Morgan fingerprint density at radius 2 is 1.52 bits per heavy atom. The highest BCUT2D eigenvalue weighted by Crippen LogP contribution is 2.31. The Morgan fingerprint density at radius 3 is 2.10 bits per heavy atom. The van der Waals surface area contributed by atoms with Gasteiger partial charge in [-0.05, 0) is 19.3 Å². The van der Waals surface area contributed by atoms with Crippen molar-refractivity contribution in [2.45, 2.75) is 19.3 Å². The van der Waals surface area contributed by atoms with Crippen LogP contribution in [0.3, 0.4) is 0 Å². The van der Waals surface area contributed by atoms with Gasteiger partial charge in [0.1, 0.15) is 10.6 Å². The molecule has 1 aliphatic heterocycles. The van der Waals surface area contributed by atoms with E-state index in [1.54, 1.807) is 24.3 Å². The molecule has 0 N–H and O–H groups in total. The predicted octanol–water partition coefficient (Wildman–Crippen LogP) is 2.14. The summed E-state index contributed by atoms with van der Waals surface area (Å²) in [4.78, 5) is 27.5. The number of carbonyl (C=O) groups excluding carboxylic acids is 2. The van der Waals surface area contributed by atoms with Crippen LogP contribution in [0, 0.1) is 0 Å². The lowest BCUT2D eigenvalue weighted by Gasteiger charge is -2.33. The van der Waals surface area contributed by atoms with Crippen molar-refractivity contribution in [3.05, 3.63) is 46.0 Å². The normalized spacial score (nSPS) is 20.5. The van der Waals surface area contributed by atoms with E-state index in [0.29, 0.717) is 16.8 Å². The first-order valence-corrected chi connectivity index (χ1v) is 8.68. The topological polar surface area (TPSA) is 54.5 Å². The molecule has 1 aromatic carbocycles. The molecule has 3 rings (SSSR count). The Hall–Kier alpha value is -1.75. The van der Waals surface area contributed by atoms with E-state index in [1.165, 1.54) is 6.26 Å². The van der Waals surface area contributed by atoms with Gasteiger partial charge in [0.2, 0.25) is 11.6 Å². The van der Waals surface area contributed by atoms with Gasteiger partial charge in [0.05, 0.1) is 10.8 Å². The third-order valence-electron chi connectivity index (χ3n) is 4.01. The fourth-order valence-corrected chi connectivity index (χ4v) is 3.88. The average Bonchev–Trinajstić information content (AvgIpc) is 2.51. The Bertz CT molecular complexity index is 672. The zero-order chi connectivity index (χ0) is 15.0. The highest BCUT2D eigenvalue weighted by Gasteiger charge is 2.36. The Morgan fingerprint density at radius 1 is 0.952 bits per heavy atom. The van der Waals surface area contributed by atoms with Gasteiger partial charge in [-0.1, -0.05) is 24.3 Å². The molecule has 0 amide bonds. The monoisotopic (exact) mass is 303 g/mol. The average molecular weight is 303 g/mol. The highest BCUT2D eigenvalue weighted by molar-refractivity contribution is 7.89. The molecule has 0 radical (unpaired) electrons. The summed E-state index contributed by atoms with van der Waals surface area (Å²) in [6.45, 7) is 1.49. The van der Waals surface area contributed by atoms with E-state index >= 15 is 0 Å². The molecule has 5 heteroatoms. The third kappa shape index (κ3) is 2.35. The summed E-state index contributed by atoms with van der Waals surface area (Å²) in [5.41, 5.74) is 1.16. The number of fused-ring (bicyclic) bond motifs is 1. The molecule has 1 unspecified atom stereocenters. The van der Waals surface area contributed by atoms with E-state index in [4.69, 9.17) is 0 Å². The van der Waals surface area contributed by atoms with Crippen molar-refractivity contribution in [1.82, 2.24) is 4.90 Å². The second kappa shape index (κ2) is 5.56. The van der Waals surface area contributed by atoms with E-state index < -0.39 is 10.8 Å². The van der Waals surface area contributed by atoms with E-state index in [1.807, 2.05) is 4.90 Å². The molecule has 0 saturated carbocycles. The number of carbonyl (C=O) groups is 2. The molecular weight excluding hydrogens is 286 g/mol. The lowest BCUT2D eigenvalue weighted by atomic mass is 9.91. The molecule has 1 aromatic rings. The van der Waals surface area contributed by atoms with Gasteiger partial charge < -0.3 is 4.90 Å². The van der Waals surface area contributed by atoms with Gasteiger partial charge >= 0.3 is 0 Å². The van der Waals surface area contributed by atoms with E-state index in [-0.39, 0.29) is 16.5 Å². The number of Topliss-reactive ketones (excluding diaryl/α,β-unsaturated/α-hetero) is 2. The van der Waals surface area contributed by atoms with Gasteiger partial charge in [0, 0.05) is 30.5 Å². The van der Waals surface area contributed by atoms with Gasteiger partial charge in [-0.2, -0.15) is 0 Å². The first-order chi connectivity index (χ1) is 10.1. The number of hydrogen-bond acceptors (Lipinski definition) is 4. The van der Waals surface area contributed by atoms with Crippen LogP contribution >= 0.6 is 0 Å². The van der Waals surface area contributed by atoms with Gasteiger partial charge in [0.15, 0.2) is 0 Å². The van der Waals surface area contributed by atoms with Gasteiger partial charge in [-0.25, -0.2) is 0 Å². The molecule has 2 aliphatic rings. The second-order valence-electron chi connectivity index (χ2n) is 5.38. The van der Waals surface area contributed by atoms with Crippen molar-refractivity contribution in [3.8, 4) is 0 Å². The van der Waals surface area contributed by atoms with Crippen molar-refractivity contribution >= 4 is 22.4 Å². The molecule has 1 aliphatic carbocycles. The maximum Gasteiger partial charge on any atom is 0.211 e. The number of rotatable bonds is 2. The molecular formula is C16H17NO3S. The number of ketones is 2. The summed E-state index contributed by atoms with van der Waals surface area (Å²) in [5, 5.41) is 0. The van der Waals surface area contributed by atoms with E-state index in [9.17, 15) is 13.8 Å². The molecule has 1 saturated heterocycles. The molecule has 1 fully saturated rings. The summed E-state index contributed by atoms with van der Waals surface area (Å²) in [7, 11) is -1.47. The van der Waals surface area contributed by atoms with Crippen LogP contribution in [0.15, 0.2) is 34.9 Å². The first kappa shape index (κ1) is 14.2. The maximum absolute atomic E-state index is 12.8. The summed E-state index contributed by atoms with van der Waals surface area (Å²) in [5.74, 6) is -0.441. The number of nitrogens with zero attached hydrogens (tertiary/aromatic N) is 1. The Balaban J connectivity index is 2.17. The third-order valence-corrected chi connectivity index (χ3v) is 4.97. The van der Waals surface area contributed by atoms with Gasteiger partial charge in [-0.3, -0.25) is 13.8 Å². The largest absolute Gasteiger partial charge is 0.367 e. The quantitative estimate of drug-likeness (QED) is 0.840. The number of likely N-dealkylation sites (tertiary alicyclic amines) is 1. The Kier molecular flexibility index (Phi) is 3.76. The fraction of sp³-hybridized carbons (Fsp3) is 0.375. The van der Waals surface area contributed by atoms with Crippen LogP contribution in [0.5, 0.6) is 0 Å². The van der Waals surface area contributed by atoms with Gasteiger partial charge in [0.25, 0.3) is 0 Å². The number of hydrogen-bond donors (Lipinski definition) is 0. The molecule has 4 nitrogen and oxygen atoms in total. The highest BCUT2D eigenvalue weighted by atomic mass is 32.2. The first-order valence-electron chi connectivity index (χ1n) is 7.12. The van der Waals surface area contributed by atoms with Gasteiger partial charge in [-0.15, -0.1) is 0 Å². The van der Waals surface area contributed by atoms with Crippen molar-refractivity contribution in [2.24, 2.45) is 0 Å². The summed E-state index contributed by atoms with van der Waals surface area (Å²) in [6, 6.07) is 6.79. The lowest BCUT2D eigenvalue weighted by molar-refractivity contribution is 0.0940. The lowest BCUT2D eigenvalue weighted by Crippen LogP contribution is -2.38. The van der Waals surface area contributed by atoms with Crippen LogP contribution < -0.4 is 0 Å². The van der Waals surface area contributed by atoms with Crippen LogP contribution in [-0.4, -0.2) is 40.0 Å². The standard InChI is InChI=1S/C16H17NO3S/c1-21(20)16-13(17-9-5-2-6-10-17)14(18)11-7-3-4-8-12(11)15(16)19/h3-4,7-8H,2,5-6,9-10H2,1H3. The number of benzene rings is 1. The van der Waals surface area contributed by atoms with Crippen LogP contribution in [0.4, 0.5) is 0 Å². The maximum atomic E-state index is 12.8. The second-order valence-corrected chi connectivity index (χ2v) is 6.70. The van der Waals surface area contributed by atoms with Crippen LogP contribution in [0.25, 0.3) is 0 Å². The minimum absolute atomic E-state index is 0.167. The van der Waals surface area contributed by atoms with Crippen LogP contribution in [0.1, 0.15) is 40.0 Å². The van der Waals surface area contributed by atoms with E-state index in [2.05, 4.69) is 0 Å². The number of allylic oxidation sites excluding steroid dienone is 2. The molecule has 0 bridgehead atoms. The predicted molar refractivity (Wildman–Crippen MR) is 81.6 cm³/mol. The van der Waals surface area contributed by atoms with Crippen molar-refractivity contribution in [2.75, 3.05) is 19.3 Å². The van der Waals surface area contributed by atoms with Crippen molar-refractivity contribution in [3.63, 3.8) is 0 Å². The SMILES string of the molecule is CS(=O)C1=C(N2CCCCC2)C(=O)c2ccccc2C1=O. The van der Waals surface area contributed by atoms with Crippen LogP contribution in [-0.2, 0) is 10.8 Å². The zero-order valence-corrected chi connectivity index (χ0v) is 12.7. The van der Waals surface area contributed by atoms with Crippen molar-refractivity contribution in [1.29, 1.82) is 0 Å². The molecule has 0 spiro atoms. The van der Waals surface area contributed by atoms with Crippen molar-refractivity contribution < 1.29 is 13.8 Å². The smallest absolute Gasteiger partial charge is 0.211 e. The summed E-state index contributed by atoms with van der Waals surface area (Å²) < 4.78 is 12.1. The minimum Gasteiger partial charge on any atom is -0.367 e. The minimum atomic E-state index is -1.47. The molecule has 1 atom stereocenters. The number of piperidine rings is 1. The zero-order valence-electron chi connectivity index (χ0n) is 11.9. The summed E-state index contributed by atoms with van der Waals surface area (Å²) >= 11 is 0. The molecule has 1 heterocycles. The van der Waals surface area contributed by atoms with Crippen LogP contribution in [0.2, 0.25) is 0 Å². The summed E-state index contributed by atoms with van der Waals surface area (Å²) in [6.07, 6.45) is 4.60. The fourth-order valence-electron chi connectivity index (χ4n) is 3.01. The Labute approximate surface area is 126 Å². The molecule has 110 valence electrons. The van der Waals surface area contributed by atoms with E-state index in [0.717, 1.165) is 32.4 Å². The molecule has 0 aromatic heterocycles. The molecule has 21 heavy (non-hydrogen) atoms.